The number of aromatic nitrogens is 1. The van der Waals surface area contributed by atoms with Crippen molar-refractivity contribution in [2.24, 2.45) is 0 Å². The van der Waals surface area contributed by atoms with Gasteiger partial charge in [0.2, 0.25) is 0 Å². The van der Waals surface area contributed by atoms with Gasteiger partial charge in [0, 0.05) is 37.8 Å². The topological polar surface area (TPSA) is 49.6 Å². The molecule has 0 saturated carbocycles. The molecular formula is C16H18ClN3O2. The van der Waals surface area contributed by atoms with Gasteiger partial charge in [0.25, 0.3) is 5.89 Å². The van der Waals surface area contributed by atoms with Crippen LogP contribution in [-0.2, 0) is 0 Å². The Bertz CT molecular complexity index is 658. The molecule has 5 nitrogen and oxygen atoms in total. The first-order valence-electron chi connectivity index (χ1n) is 7.36. The second kappa shape index (κ2) is 6.10. The molecule has 1 aromatic carbocycles. The molecule has 2 unspecified atom stereocenters. The van der Waals surface area contributed by atoms with Gasteiger partial charge < -0.3 is 9.32 Å². The van der Waals surface area contributed by atoms with E-state index in [2.05, 4.69) is 9.88 Å². The van der Waals surface area contributed by atoms with Crippen molar-refractivity contribution < 1.29 is 9.21 Å². The average molecular weight is 320 g/mol. The Hall–Kier alpha value is -1.85. The SMILES string of the molecule is Cl.O=C(c1ncc(-c2ccccc2)o1)N1CCN2CCC1C2. The summed E-state index contributed by atoms with van der Waals surface area (Å²) in [4.78, 5) is 21.1. The number of hydrogen-bond donors (Lipinski definition) is 0. The zero-order valence-electron chi connectivity index (χ0n) is 12.1. The van der Waals surface area contributed by atoms with Crippen LogP contribution in [0.1, 0.15) is 17.1 Å². The number of amides is 1. The van der Waals surface area contributed by atoms with Gasteiger partial charge in [-0.3, -0.25) is 9.69 Å². The van der Waals surface area contributed by atoms with Crippen molar-refractivity contribution in [3.8, 4) is 11.3 Å². The van der Waals surface area contributed by atoms with Crippen LogP contribution in [0.15, 0.2) is 40.9 Å². The van der Waals surface area contributed by atoms with Crippen LogP contribution in [0.3, 0.4) is 0 Å². The molecule has 3 heterocycles. The standard InChI is InChI=1S/C16H17N3O2.ClH/c20-16(19-9-8-18-7-6-13(19)11-18)15-17-10-14(21-15)12-4-2-1-3-5-12;/h1-5,10,13H,6-9,11H2;1H. The van der Waals surface area contributed by atoms with Crippen molar-refractivity contribution in [2.75, 3.05) is 26.2 Å². The number of piperazine rings is 1. The number of rotatable bonds is 2. The van der Waals surface area contributed by atoms with Crippen LogP contribution in [-0.4, -0.2) is 52.9 Å². The van der Waals surface area contributed by atoms with E-state index < -0.39 is 0 Å². The molecule has 2 aliphatic rings. The van der Waals surface area contributed by atoms with Crippen LogP contribution in [0.4, 0.5) is 0 Å². The maximum atomic E-state index is 12.6. The molecule has 116 valence electrons. The highest BCUT2D eigenvalue weighted by Crippen LogP contribution is 2.24. The number of carbonyl (C=O) groups excluding carboxylic acids is 1. The summed E-state index contributed by atoms with van der Waals surface area (Å²) in [5, 5.41) is 0. The molecule has 2 atom stereocenters. The predicted octanol–water partition coefficient (Wildman–Crippen LogP) is 2.29. The monoisotopic (exact) mass is 319 g/mol. The lowest BCUT2D eigenvalue weighted by Crippen LogP contribution is -2.49. The second-order valence-electron chi connectivity index (χ2n) is 5.64. The van der Waals surface area contributed by atoms with E-state index in [9.17, 15) is 4.79 Å². The van der Waals surface area contributed by atoms with E-state index in [1.54, 1.807) is 6.20 Å². The molecule has 2 aromatic rings. The highest BCUT2D eigenvalue weighted by molar-refractivity contribution is 5.90. The van der Waals surface area contributed by atoms with Gasteiger partial charge >= 0.3 is 5.91 Å². The van der Waals surface area contributed by atoms with Gasteiger partial charge in [-0.2, -0.15) is 0 Å². The molecule has 1 amide bonds. The summed E-state index contributed by atoms with van der Waals surface area (Å²) in [5.74, 6) is 0.766. The van der Waals surface area contributed by atoms with Gasteiger partial charge in [-0.05, 0) is 6.42 Å². The van der Waals surface area contributed by atoms with Gasteiger partial charge in [-0.25, -0.2) is 4.98 Å². The minimum atomic E-state index is -0.0799. The van der Waals surface area contributed by atoms with E-state index >= 15 is 0 Å². The third-order valence-electron chi connectivity index (χ3n) is 4.35. The molecule has 0 radical (unpaired) electrons. The molecule has 4 rings (SSSR count). The quantitative estimate of drug-likeness (QED) is 0.852. The Kier molecular flexibility index (Phi) is 4.18. The van der Waals surface area contributed by atoms with Crippen molar-refractivity contribution in [3.63, 3.8) is 0 Å². The molecule has 2 fully saturated rings. The zero-order chi connectivity index (χ0) is 14.2. The van der Waals surface area contributed by atoms with E-state index in [0.717, 1.165) is 38.2 Å². The number of oxazole rings is 1. The molecule has 6 heteroatoms. The molecule has 22 heavy (non-hydrogen) atoms. The summed E-state index contributed by atoms with van der Waals surface area (Å²) in [6, 6.07) is 10.0. The van der Waals surface area contributed by atoms with Crippen LogP contribution in [0.5, 0.6) is 0 Å². The molecule has 0 spiro atoms. The van der Waals surface area contributed by atoms with Gasteiger partial charge in [0.05, 0.1) is 6.20 Å². The summed E-state index contributed by atoms with van der Waals surface area (Å²) in [5.41, 5.74) is 0.940. The Balaban J connectivity index is 0.00000144. The minimum absolute atomic E-state index is 0. The number of carbonyl (C=O) groups is 1. The Morgan fingerprint density at radius 1 is 1.18 bits per heavy atom. The lowest BCUT2D eigenvalue weighted by molar-refractivity contribution is 0.0570. The fourth-order valence-electron chi connectivity index (χ4n) is 3.20. The van der Waals surface area contributed by atoms with E-state index in [0.29, 0.717) is 11.8 Å². The molecule has 1 aromatic heterocycles. The highest BCUT2D eigenvalue weighted by Gasteiger charge is 2.36. The minimum Gasteiger partial charge on any atom is -0.432 e. The summed E-state index contributed by atoms with van der Waals surface area (Å²) in [6.45, 7) is 3.80. The van der Waals surface area contributed by atoms with E-state index in [-0.39, 0.29) is 24.2 Å². The van der Waals surface area contributed by atoms with E-state index in [4.69, 9.17) is 4.42 Å². The van der Waals surface area contributed by atoms with Crippen molar-refractivity contribution in [1.29, 1.82) is 0 Å². The van der Waals surface area contributed by atoms with Crippen LogP contribution in [0.2, 0.25) is 0 Å². The lowest BCUT2D eigenvalue weighted by atomic mass is 10.2. The third kappa shape index (κ3) is 2.62. The van der Waals surface area contributed by atoms with Crippen LogP contribution in [0, 0.1) is 0 Å². The third-order valence-corrected chi connectivity index (χ3v) is 4.35. The summed E-state index contributed by atoms with van der Waals surface area (Å²) < 4.78 is 5.68. The number of fused-ring (bicyclic) bond motifs is 2. The van der Waals surface area contributed by atoms with E-state index in [1.807, 2.05) is 35.2 Å². The molecular weight excluding hydrogens is 302 g/mol. The first-order chi connectivity index (χ1) is 10.3. The first kappa shape index (κ1) is 15.1. The Morgan fingerprint density at radius 2 is 2.00 bits per heavy atom. The fourth-order valence-corrected chi connectivity index (χ4v) is 3.20. The van der Waals surface area contributed by atoms with Crippen LogP contribution < -0.4 is 0 Å². The van der Waals surface area contributed by atoms with Gasteiger partial charge in [0.1, 0.15) is 0 Å². The van der Waals surface area contributed by atoms with Crippen molar-refractivity contribution >= 4 is 18.3 Å². The largest absolute Gasteiger partial charge is 0.432 e. The normalized spacial score (nSPS) is 23.2. The number of benzene rings is 1. The van der Waals surface area contributed by atoms with Gasteiger partial charge in [-0.1, -0.05) is 30.3 Å². The number of halogens is 1. The van der Waals surface area contributed by atoms with Gasteiger partial charge in [-0.15, -0.1) is 12.4 Å². The van der Waals surface area contributed by atoms with Crippen molar-refractivity contribution in [1.82, 2.24) is 14.8 Å². The van der Waals surface area contributed by atoms with Crippen LogP contribution >= 0.6 is 12.4 Å². The summed E-state index contributed by atoms with van der Waals surface area (Å²) >= 11 is 0. The molecule has 0 N–H and O–H groups in total. The maximum Gasteiger partial charge on any atom is 0.310 e. The zero-order valence-corrected chi connectivity index (χ0v) is 13.0. The Morgan fingerprint density at radius 3 is 2.82 bits per heavy atom. The van der Waals surface area contributed by atoms with Crippen molar-refractivity contribution in [2.45, 2.75) is 12.5 Å². The number of nitrogens with zero attached hydrogens (tertiary/aromatic N) is 3. The predicted molar refractivity (Wildman–Crippen MR) is 85.1 cm³/mol. The molecule has 2 aliphatic heterocycles. The van der Waals surface area contributed by atoms with Gasteiger partial charge in [0.15, 0.2) is 5.76 Å². The Labute approximate surface area is 135 Å². The average Bonchev–Trinajstić information content (AvgIpc) is 3.15. The molecule has 2 bridgehead atoms. The first-order valence-corrected chi connectivity index (χ1v) is 7.36. The lowest BCUT2D eigenvalue weighted by Gasteiger charge is -2.33. The fraction of sp³-hybridized carbons (Fsp3) is 0.375. The number of hydrogen-bond acceptors (Lipinski definition) is 4. The van der Waals surface area contributed by atoms with Crippen LogP contribution in [0.25, 0.3) is 11.3 Å². The smallest absolute Gasteiger partial charge is 0.310 e. The maximum absolute atomic E-state index is 12.6. The summed E-state index contributed by atoms with van der Waals surface area (Å²) in [7, 11) is 0. The van der Waals surface area contributed by atoms with E-state index in [1.165, 1.54) is 0 Å². The highest BCUT2D eigenvalue weighted by atomic mass is 35.5. The van der Waals surface area contributed by atoms with Crippen molar-refractivity contribution in [3.05, 3.63) is 42.4 Å². The molecule has 2 saturated heterocycles. The second-order valence-corrected chi connectivity index (χ2v) is 5.64. The summed E-state index contributed by atoms with van der Waals surface area (Å²) in [6.07, 6.45) is 2.69. The molecule has 0 aliphatic carbocycles.